The van der Waals surface area contributed by atoms with Crippen LogP contribution in [0.25, 0.3) is 0 Å². The minimum Gasteiger partial charge on any atom is -0.444 e. The van der Waals surface area contributed by atoms with E-state index in [0.29, 0.717) is 18.9 Å². The van der Waals surface area contributed by atoms with Crippen molar-refractivity contribution in [3.63, 3.8) is 0 Å². The summed E-state index contributed by atoms with van der Waals surface area (Å²) in [6.07, 6.45) is 51.1. The summed E-state index contributed by atoms with van der Waals surface area (Å²) in [5, 5.41) is 0. The number of nitrogens with two attached hydrogens (primary N) is 1. The van der Waals surface area contributed by atoms with Crippen molar-refractivity contribution in [2.75, 3.05) is 13.6 Å². The highest BCUT2D eigenvalue weighted by Gasteiger charge is 2.42. The number of hydrogen-bond acceptors (Lipinski definition) is 4. The predicted molar refractivity (Wildman–Crippen MR) is 243 cm³/mol. The van der Waals surface area contributed by atoms with Crippen molar-refractivity contribution in [1.29, 1.82) is 0 Å². The zero-order valence-electron chi connectivity index (χ0n) is 37.9. The van der Waals surface area contributed by atoms with Gasteiger partial charge >= 0.3 is 6.09 Å². The van der Waals surface area contributed by atoms with Gasteiger partial charge in [0, 0.05) is 25.7 Å². The molecule has 324 valence electrons. The topological polar surface area (TPSA) is 75.9 Å². The van der Waals surface area contributed by atoms with Crippen LogP contribution in [-0.4, -0.2) is 59.1 Å². The third-order valence-corrected chi connectivity index (χ3v) is 11.4. The van der Waals surface area contributed by atoms with Crippen molar-refractivity contribution >= 4 is 12.0 Å². The highest BCUT2D eigenvalue weighted by atomic mass is 16.6. The van der Waals surface area contributed by atoms with Crippen LogP contribution in [0.2, 0.25) is 0 Å². The number of carbonyl (C=O) groups excluding carboxylic acids is 2. The molecule has 1 unspecified atom stereocenters. The van der Waals surface area contributed by atoms with Crippen LogP contribution in [0, 0.1) is 5.92 Å². The molecule has 1 aliphatic rings. The number of nitrogens with zero attached hydrogens (tertiary/aromatic N) is 2. The Bertz CT molecular complexity index is 1040. The molecule has 1 saturated heterocycles. The maximum atomic E-state index is 14.0. The van der Waals surface area contributed by atoms with Crippen molar-refractivity contribution in [2.24, 2.45) is 11.7 Å². The minimum atomic E-state index is -0.620. The fourth-order valence-corrected chi connectivity index (χ4v) is 7.79. The number of ether oxygens (including phenoxy) is 1. The van der Waals surface area contributed by atoms with Gasteiger partial charge in [-0.1, -0.05) is 152 Å². The van der Waals surface area contributed by atoms with Crippen LogP contribution >= 0.6 is 0 Å². The van der Waals surface area contributed by atoms with E-state index in [1.807, 2.05) is 32.7 Å². The molecule has 6 heteroatoms. The van der Waals surface area contributed by atoms with Crippen molar-refractivity contribution in [1.82, 2.24) is 9.80 Å². The number of amides is 2. The van der Waals surface area contributed by atoms with Gasteiger partial charge < -0.3 is 15.4 Å². The summed E-state index contributed by atoms with van der Waals surface area (Å²) in [4.78, 5) is 30.5. The summed E-state index contributed by atoms with van der Waals surface area (Å²) in [6.45, 7) is 12.7. The number of unbranched alkanes of at least 4 members (excludes halogenated alkanes) is 18. The Morgan fingerprint density at radius 3 is 1.46 bits per heavy atom. The van der Waals surface area contributed by atoms with E-state index in [4.69, 9.17) is 10.5 Å². The average molecular weight is 782 g/mol. The zero-order chi connectivity index (χ0) is 41.3. The Hall–Kier alpha value is -2.34. The quantitative estimate of drug-likeness (QED) is 0.0531. The van der Waals surface area contributed by atoms with E-state index in [1.165, 1.54) is 141 Å². The van der Waals surface area contributed by atoms with E-state index in [2.05, 4.69) is 69.4 Å². The molecule has 0 aliphatic carbocycles. The number of carbonyl (C=O) groups is 2. The van der Waals surface area contributed by atoms with Crippen LogP contribution in [0.4, 0.5) is 4.79 Å². The predicted octanol–water partition coefficient (Wildman–Crippen LogP) is 14.2. The molecule has 0 radical (unpaired) electrons. The number of likely N-dealkylation sites (tertiary alicyclic amines) is 1. The Morgan fingerprint density at radius 2 is 1.05 bits per heavy atom. The number of rotatable bonds is 33. The van der Waals surface area contributed by atoms with Crippen LogP contribution in [0.5, 0.6) is 0 Å². The molecule has 0 saturated carbocycles. The second kappa shape index (κ2) is 33.6. The fourth-order valence-electron chi connectivity index (χ4n) is 7.79. The van der Waals surface area contributed by atoms with Gasteiger partial charge in [0.05, 0.1) is 0 Å². The lowest BCUT2D eigenvalue weighted by molar-refractivity contribution is -0.137. The first-order valence-corrected chi connectivity index (χ1v) is 23.6. The highest BCUT2D eigenvalue weighted by molar-refractivity contribution is 5.86. The molecule has 0 aromatic rings. The smallest absolute Gasteiger partial charge is 0.411 e. The molecular formula is C50H91N3O3. The fraction of sp³-hybridized carbons (Fsp3) is 0.800. The molecule has 3 atom stereocenters. The minimum absolute atomic E-state index is 0.00426. The number of likely N-dealkylation sites (N-methyl/N-ethyl adjacent to an activating group) is 1. The third-order valence-electron chi connectivity index (χ3n) is 11.4. The highest BCUT2D eigenvalue weighted by Crippen LogP contribution is 2.28. The molecule has 1 fully saturated rings. The lowest BCUT2D eigenvalue weighted by atomic mass is 9.87. The van der Waals surface area contributed by atoms with Gasteiger partial charge in [-0.3, -0.25) is 9.69 Å². The average Bonchev–Trinajstić information content (AvgIpc) is 3.56. The largest absolute Gasteiger partial charge is 0.444 e. The molecule has 0 spiro atoms. The van der Waals surface area contributed by atoms with E-state index < -0.39 is 17.7 Å². The van der Waals surface area contributed by atoms with Gasteiger partial charge in [-0.15, -0.1) is 0 Å². The standard InChI is InChI=1S/C50H91N3O3/c1-8-10-12-14-16-18-20-22-24-26-28-30-32-34-36-38-40-45(41-39-37-35-33-31-29-27-25-23-21-19-17-15-13-11-9-2)44(3)52(7)48(54)47-42-46(51)43-53(47)49(55)56-50(4,5)6/h16-19,22-25,44-47H,8-15,20-21,26-43,51H2,1-7H3/b18-16-,19-17-,24-22-,25-23-/t44?,46-,47-/m0/s1. The van der Waals surface area contributed by atoms with E-state index in [1.54, 1.807) is 4.90 Å². The van der Waals surface area contributed by atoms with Crippen molar-refractivity contribution in [3.05, 3.63) is 48.6 Å². The molecule has 2 amide bonds. The van der Waals surface area contributed by atoms with Crippen molar-refractivity contribution in [3.8, 4) is 0 Å². The van der Waals surface area contributed by atoms with Crippen LogP contribution in [0.15, 0.2) is 48.6 Å². The van der Waals surface area contributed by atoms with Gasteiger partial charge in [0.2, 0.25) is 5.91 Å². The van der Waals surface area contributed by atoms with E-state index in [-0.39, 0.29) is 18.0 Å². The Kier molecular flexibility index (Phi) is 31.0. The van der Waals surface area contributed by atoms with Gasteiger partial charge in [0.25, 0.3) is 0 Å². The lowest BCUT2D eigenvalue weighted by Gasteiger charge is -2.36. The summed E-state index contributed by atoms with van der Waals surface area (Å²) in [7, 11) is 1.94. The molecule has 56 heavy (non-hydrogen) atoms. The third kappa shape index (κ3) is 26.6. The Balaban J connectivity index is 2.55. The Morgan fingerprint density at radius 1 is 0.661 bits per heavy atom. The van der Waals surface area contributed by atoms with E-state index in [0.717, 1.165) is 25.7 Å². The molecule has 6 nitrogen and oxygen atoms in total. The van der Waals surface area contributed by atoms with Crippen LogP contribution in [0.3, 0.4) is 0 Å². The molecule has 1 aliphatic heterocycles. The first kappa shape index (κ1) is 51.7. The first-order valence-electron chi connectivity index (χ1n) is 23.6. The van der Waals surface area contributed by atoms with E-state index >= 15 is 0 Å². The maximum Gasteiger partial charge on any atom is 0.411 e. The van der Waals surface area contributed by atoms with Gasteiger partial charge in [-0.05, 0) is 117 Å². The maximum absolute atomic E-state index is 14.0. The lowest BCUT2D eigenvalue weighted by Crippen LogP contribution is -2.51. The second-order valence-electron chi connectivity index (χ2n) is 17.8. The van der Waals surface area contributed by atoms with Crippen molar-refractivity contribution < 1.29 is 14.3 Å². The number of hydrogen-bond donors (Lipinski definition) is 1. The summed E-state index contributed by atoms with van der Waals surface area (Å²) in [5.74, 6) is 0.445. The molecular weight excluding hydrogens is 691 g/mol. The van der Waals surface area contributed by atoms with Crippen LogP contribution < -0.4 is 5.73 Å². The van der Waals surface area contributed by atoms with Crippen molar-refractivity contribution in [2.45, 2.75) is 239 Å². The van der Waals surface area contributed by atoms with Crippen LogP contribution in [0.1, 0.15) is 215 Å². The molecule has 0 aromatic heterocycles. The normalized spacial score (nSPS) is 17.1. The molecule has 0 bridgehead atoms. The summed E-state index contributed by atoms with van der Waals surface area (Å²) in [5.41, 5.74) is 5.69. The molecule has 2 N–H and O–H groups in total. The number of allylic oxidation sites excluding steroid dienone is 8. The van der Waals surface area contributed by atoms with Gasteiger partial charge in [0.15, 0.2) is 0 Å². The summed E-state index contributed by atoms with van der Waals surface area (Å²) < 4.78 is 5.67. The zero-order valence-corrected chi connectivity index (χ0v) is 37.9. The van der Waals surface area contributed by atoms with Gasteiger partial charge in [-0.25, -0.2) is 4.79 Å². The Labute approximate surface area is 347 Å². The van der Waals surface area contributed by atoms with Gasteiger partial charge in [-0.2, -0.15) is 0 Å². The second-order valence-corrected chi connectivity index (χ2v) is 17.8. The molecule has 1 rings (SSSR count). The SMILES string of the molecule is CCCCC/C=C\C/C=C\CCCCCCCCC(CCCCCCCC/C=C\C/C=C\CCCCC)C(C)N(C)C(=O)[C@@H]1C[C@H](N)CN1C(=O)OC(C)(C)C. The molecule has 1 heterocycles. The monoisotopic (exact) mass is 782 g/mol. The van der Waals surface area contributed by atoms with Gasteiger partial charge in [0.1, 0.15) is 11.6 Å². The molecule has 0 aromatic carbocycles. The summed E-state index contributed by atoms with van der Waals surface area (Å²) >= 11 is 0. The summed E-state index contributed by atoms with van der Waals surface area (Å²) in [6, 6.07) is -0.667. The first-order chi connectivity index (χ1) is 27.0. The van der Waals surface area contributed by atoms with Crippen LogP contribution in [-0.2, 0) is 9.53 Å². The van der Waals surface area contributed by atoms with E-state index in [9.17, 15) is 9.59 Å².